The van der Waals surface area contributed by atoms with Crippen LogP contribution in [-0.2, 0) is 5.75 Å². The van der Waals surface area contributed by atoms with Crippen LogP contribution < -0.4 is 5.32 Å². The number of carbonyl (C=O) groups is 1. The molecule has 140 valence electrons. The Morgan fingerprint density at radius 2 is 2.00 bits per heavy atom. The summed E-state index contributed by atoms with van der Waals surface area (Å²) in [5.41, 5.74) is 3.05. The maximum atomic E-state index is 12.7. The van der Waals surface area contributed by atoms with Gasteiger partial charge in [-0.1, -0.05) is 18.2 Å². The van der Waals surface area contributed by atoms with Crippen LogP contribution in [0.5, 0.6) is 0 Å². The van der Waals surface area contributed by atoms with E-state index in [1.54, 1.807) is 18.0 Å². The van der Waals surface area contributed by atoms with Gasteiger partial charge in [0, 0.05) is 27.8 Å². The number of aromatic nitrogens is 1. The van der Waals surface area contributed by atoms with Crippen LogP contribution in [-0.4, -0.2) is 10.9 Å². The van der Waals surface area contributed by atoms with Crippen molar-refractivity contribution in [1.29, 1.82) is 0 Å². The third kappa shape index (κ3) is 3.55. The maximum Gasteiger partial charge on any atom is 0.291 e. The molecule has 2 aromatic carbocycles. The summed E-state index contributed by atoms with van der Waals surface area (Å²) in [4.78, 5) is 18.4. The number of fused-ring (bicyclic) bond motifs is 1. The first-order chi connectivity index (χ1) is 13.8. The summed E-state index contributed by atoms with van der Waals surface area (Å²) < 4.78 is 11.2. The highest BCUT2D eigenvalue weighted by Crippen LogP contribution is 2.40. The Balaban J connectivity index is 1.30. The number of amides is 1. The van der Waals surface area contributed by atoms with Gasteiger partial charge in [-0.25, -0.2) is 4.98 Å². The fourth-order valence-corrected chi connectivity index (χ4v) is 3.94. The predicted octanol–water partition coefficient (Wildman–Crippen LogP) is 5.84. The molecule has 0 saturated heterocycles. The molecule has 6 heteroatoms. The molecule has 0 atom stereocenters. The van der Waals surface area contributed by atoms with Crippen molar-refractivity contribution in [3.05, 3.63) is 78.1 Å². The molecular weight excluding hydrogens is 372 g/mol. The zero-order chi connectivity index (χ0) is 18.9. The molecular formula is C22H18N2O3S. The molecule has 0 radical (unpaired) electrons. The minimum absolute atomic E-state index is 0.265. The van der Waals surface area contributed by atoms with Gasteiger partial charge in [-0.05, 0) is 49.2 Å². The van der Waals surface area contributed by atoms with Crippen LogP contribution in [0.25, 0.3) is 11.1 Å². The minimum atomic E-state index is -0.265. The fraction of sp³-hybridized carbons (Fsp3) is 0.182. The van der Waals surface area contributed by atoms with E-state index in [2.05, 4.69) is 10.3 Å². The van der Waals surface area contributed by atoms with Crippen LogP contribution in [0.3, 0.4) is 0 Å². The monoisotopic (exact) mass is 390 g/mol. The second-order valence-corrected chi connectivity index (χ2v) is 7.89. The average Bonchev–Trinajstić information content (AvgIpc) is 3.31. The van der Waals surface area contributed by atoms with Gasteiger partial charge in [-0.15, -0.1) is 11.8 Å². The number of hydrogen-bond donors (Lipinski definition) is 1. The number of oxazole rings is 1. The van der Waals surface area contributed by atoms with Crippen LogP contribution in [0.1, 0.15) is 40.8 Å². The standard InChI is InChI=1S/C22H18N2O3S/c25-21(20-15(10-11-26-20)13-28-17-4-2-1-3-5-17)23-16-8-9-19-18(12-16)24-22(27-19)14-6-7-14/h1-5,8-12,14H,6-7,13H2,(H,23,25). The molecule has 4 aromatic rings. The lowest BCUT2D eigenvalue weighted by molar-refractivity contribution is 0.0996. The van der Waals surface area contributed by atoms with Crippen molar-refractivity contribution in [2.24, 2.45) is 0 Å². The Morgan fingerprint density at radius 1 is 1.14 bits per heavy atom. The van der Waals surface area contributed by atoms with Crippen molar-refractivity contribution in [2.45, 2.75) is 29.4 Å². The van der Waals surface area contributed by atoms with E-state index in [-0.39, 0.29) is 5.91 Å². The second kappa shape index (κ2) is 7.20. The highest BCUT2D eigenvalue weighted by Gasteiger charge is 2.29. The van der Waals surface area contributed by atoms with E-state index < -0.39 is 0 Å². The summed E-state index contributed by atoms with van der Waals surface area (Å²) >= 11 is 1.67. The summed E-state index contributed by atoms with van der Waals surface area (Å²) in [6.45, 7) is 0. The van der Waals surface area contributed by atoms with Crippen LogP contribution in [0.4, 0.5) is 5.69 Å². The van der Waals surface area contributed by atoms with E-state index >= 15 is 0 Å². The van der Waals surface area contributed by atoms with Gasteiger partial charge in [0.25, 0.3) is 5.91 Å². The van der Waals surface area contributed by atoms with Crippen molar-refractivity contribution in [1.82, 2.24) is 4.98 Å². The third-order valence-electron chi connectivity index (χ3n) is 4.68. The van der Waals surface area contributed by atoms with Gasteiger partial charge in [-0.3, -0.25) is 4.79 Å². The van der Waals surface area contributed by atoms with Gasteiger partial charge in [0.2, 0.25) is 0 Å². The number of anilines is 1. The highest BCUT2D eigenvalue weighted by atomic mass is 32.2. The second-order valence-electron chi connectivity index (χ2n) is 6.84. The van der Waals surface area contributed by atoms with Crippen molar-refractivity contribution in [3.8, 4) is 0 Å². The highest BCUT2D eigenvalue weighted by molar-refractivity contribution is 7.98. The molecule has 1 fully saturated rings. The summed E-state index contributed by atoms with van der Waals surface area (Å²) in [5.74, 6) is 1.99. The van der Waals surface area contributed by atoms with Gasteiger partial charge in [-0.2, -0.15) is 0 Å². The third-order valence-corrected chi connectivity index (χ3v) is 5.74. The smallest absolute Gasteiger partial charge is 0.291 e. The number of carbonyl (C=O) groups excluding carboxylic acids is 1. The molecule has 0 bridgehead atoms. The lowest BCUT2D eigenvalue weighted by Gasteiger charge is -2.05. The molecule has 2 heterocycles. The lowest BCUT2D eigenvalue weighted by Crippen LogP contribution is -2.12. The van der Waals surface area contributed by atoms with E-state index in [0.29, 0.717) is 23.1 Å². The van der Waals surface area contributed by atoms with E-state index in [1.807, 2.05) is 54.6 Å². The molecule has 0 unspecified atom stereocenters. The molecule has 1 aliphatic rings. The molecule has 1 aliphatic carbocycles. The molecule has 0 spiro atoms. The number of furan rings is 1. The van der Waals surface area contributed by atoms with Gasteiger partial charge < -0.3 is 14.2 Å². The number of rotatable bonds is 6. The normalized spacial score (nSPS) is 13.7. The molecule has 28 heavy (non-hydrogen) atoms. The summed E-state index contributed by atoms with van der Waals surface area (Å²) in [7, 11) is 0. The number of nitrogens with zero attached hydrogens (tertiary/aromatic N) is 1. The predicted molar refractivity (Wildman–Crippen MR) is 109 cm³/mol. The largest absolute Gasteiger partial charge is 0.459 e. The Labute approximate surface area is 166 Å². The Morgan fingerprint density at radius 3 is 2.82 bits per heavy atom. The Hall–Kier alpha value is -2.99. The Kier molecular flexibility index (Phi) is 4.41. The molecule has 1 N–H and O–H groups in total. The maximum absolute atomic E-state index is 12.7. The quantitative estimate of drug-likeness (QED) is 0.419. The number of hydrogen-bond acceptors (Lipinski definition) is 5. The van der Waals surface area contributed by atoms with E-state index in [9.17, 15) is 4.79 Å². The molecule has 0 aliphatic heterocycles. The number of thioether (sulfide) groups is 1. The number of nitrogens with one attached hydrogen (secondary N) is 1. The van der Waals surface area contributed by atoms with Crippen molar-refractivity contribution in [2.75, 3.05) is 5.32 Å². The topological polar surface area (TPSA) is 68.3 Å². The van der Waals surface area contributed by atoms with Crippen molar-refractivity contribution >= 4 is 34.5 Å². The summed E-state index contributed by atoms with van der Waals surface area (Å²) in [6, 6.07) is 17.4. The van der Waals surface area contributed by atoms with Gasteiger partial charge in [0.05, 0.1) is 6.26 Å². The van der Waals surface area contributed by atoms with Gasteiger partial charge >= 0.3 is 0 Å². The SMILES string of the molecule is O=C(Nc1ccc2oc(C3CC3)nc2c1)c1occc1CSc1ccccc1. The van der Waals surface area contributed by atoms with Crippen molar-refractivity contribution in [3.63, 3.8) is 0 Å². The number of benzene rings is 2. The first-order valence-corrected chi connectivity index (χ1v) is 10.2. The van der Waals surface area contributed by atoms with Crippen LogP contribution >= 0.6 is 11.8 Å². The minimum Gasteiger partial charge on any atom is -0.459 e. The van der Waals surface area contributed by atoms with Gasteiger partial charge in [0.15, 0.2) is 17.2 Å². The Bertz CT molecular complexity index is 1130. The lowest BCUT2D eigenvalue weighted by atomic mass is 10.2. The molecule has 1 saturated carbocycles. The molecule has 1 amide bonds. The van der Waals surface area contributed by atoms with Gasteiger partial charge in [0.1, 0.15) is 5.52 Å². The zero-order valence-electron chi connectivity index (χ0n) is 15.1. The van der Waals surface area contributed by atoms with E-state index in [0.717, 1.165) is 40.3 Å². The first-order valence-electron chi connectivity index (χ1n) is 9.22. The van der Waals surface area contributed by atoms with E-state index in [1.165, 1.54) is 0 Å². The van der Waals surface area contributed by atoms with Crippen LogP contribution in [0.15, 0.2) is 74.6 Å². The summed E-state index contributed by atoms with van der Waals surface area (Å²) in [5, 5.41) is 2.91. The van der Waals surface area contributed by atoms with E-state index in [4.69, 9.17) is 8.83 Å². The molecule has 5 nitrogen and oxygen atoms in total. The first kappa shape index (κ1) is 17.1. The molecule has 2 aromatic heterocycles. The zero-order valence-corrected chi connectivity index (χ0v) is 15.9. The van der Waals surface area contributed by atoms with Crippen LogP contribution in [0.2, 0.25) is 0 Å². The fourth-order valence-electron chi connectivity index (χ4n) is 3.04. The molecule has 5 rings (SSSR count). The van der Waals surface area contributed by atoms with Crippen LogP contribution in [0, 0.1) is 0 Å². The summed E-state index contributed by atoms with van der Waals surface area (Å²) in [6.07, 6.45) is 3.83. The van der Waals surface area contributed by atoms with Crippen molar-refractivity contribution < 1.29 is 13.6 Å². The average molecular weight is 390 g/mol.